The number of H-pyrrole nitrogens is 1. The second-order valence-corrected chi connectivity index (χ2v) is 3.00. The van der Waals surface area contributed by atoms with Crippen LogP contribution in [0.1, 0.15) is 12.6 Å². The monoisotopic (exact) mass is 219 g/mol. The van der Waals surface area contributed by atoms with E-state index in [-0.39, 0.29) is 16.9 Å². The standard InChI is InChI=1S/C7H8F3N5/c1-2-15-6-3(5(11)12-13-6)4(14-15)7(8,9)10/h2H2,1H3,(H3,11,12,13). The lowest BCUT2D eigenvalue weighted by Gasteiger charge is -2.01. The second-order valence-electron chi connectivity index (χ2n) is 3.00. The van der Waals surface area contributed by atoms with E-state index < -0.39 is 11.9 Å². The number of hydrogen-bond donors (Lipinski definition) is 2. The number of anilines is 1. The summed E-state index contributed by atoms with van der Waals surface area (Å²) in [5, 5.41) is 9.25. The van der Waals surface area contributed by atoms with Crippen LogP contribution in [-0.2, 0) is 12.7 Å². The quantitative estimate of drug-likeness (QED) is 0.760. The van der Waals surface area contributed by atoms with Crippen LogP contribution in [0.3, 0.4) is 0 Å². The minimum Gasteiger partial charge on any atom is -0.383 e. The summed E-state index contributed by atoms with van der Waals surface area (Å²) < 4.78 is 38.8. The Balaban J connectivity index is 2.79. The largest absolute Gasteiger partial charge is 0.435 e. The summed E-state index contributed by atoms with van der Waals surface area (Å²) in [6.45, 7) is 1.98. The van der Waals surface area contributed by atoms with Crippen molar-refractivity contribution >= 4 is 16.9 Å². The van der Waals surface area contributed by atoms with Crippen molar-refractivity contribution in [1.29, 1.82) is 0 Å². The number of fused-ring (bicyclic) bond motifs is 1. The topological polar surface area (TPSA) is 72.5 Å². The highest BCUT2D eigenvalue weighted by Gasteiger charge is 2.38. The van der Waals surface area contributed by atoms with Gasteiger partial charge in [0.15, 0.2) is 11.3 Å². The van der Waals surface area contributed by atoms with Crippen LogP contribution in [-0.4, -0.2) is 20.0 Å². The number of aromatic amines is 1. The molecule has 0 saturated heterocycles. The Morgan fingerprint density at radius 3 is 2.67 bits per heavy atom. The summed E-state index contributed by atoms with van der Waals surface area (Å²) in [5.41, 5.74) is 4.50. The van der Waals surface area contributed by atoms with Crippen LogP contribution < -0.4 is 5.73 Å². The summed E-state index contributed by atoms with van der Waals surface area (Å²) in [6, 6.07) is 0. The summed E-state index contributed by atoms with van der Waals surface area (Å²) in [7, 11) is 0. The van der Waals surface area contributed by atoms with Gasteiger partial charge in [0.05, 0.1) is 5.39 Å². The van der Waals surface area contributed by atoms with Crippen molar-refractivity contribution in [3.63, 3.8) is 0 Å². The van der Waals surface area contributed by atoms with Gasteiger partial charge in [0.25, 0.3) is 0 Å². The number of aromatic nitrogens is 4. The van der Waals surface area contributed by atoms with Crippen molar-refractivity contribution in [3.05, 3.63) is 5.69 Å². The molecule has 0 fully saturated rings. The number of nitrogens with zero attached hydrogens (tertiary/aromatic N) is 3. The molecule has 8 heteroatoms. The van der Waals surface area contributed by atoms with E-state index in [1.54, 1.807) is 6.92 Å². The number of rotatable bonds is 1. The maximum atomic E-state index is 12.6. The van der Waals surface area contributed by atoms with E-state index in [0.29, 0.717) is 6.54 Å². The van der Waals surface area contributed by atoms with E-state index in [0.717, 1.165) is 4.68 Å². The Morgan fingerprint density at radius 1 is 1.47 bits per heavy atom. The molecule has 0 spiro atoms. The number of nitrogens with two attached hydrogens (primary N) is 1. The lowest BCUT2D eigenvalue weighted by molar-refractivity contribution is -0.140. The first-order valence-electron chi connectivity index (χ1n) is 4.22. The maximum Gasteiger partial charge on any atom is 0.435 e. The fourth-order valence-corrected chi connectivity index (χ4v) is 1.40. The fraction of sp³-hybridized carbons (Fsp3) is 0.429. The molecule has 0 unspecified atom stereocenters. The zero-order chi connectivity index (χ0) is 11.2. The number of aryl methyl sites for hydroxylation is 1. The smallest absolute Gasteiger partial charge is 0.383 e. The van der Waals surface area contributed by atoms with E-state index in [1.165, 1.54) is 0 Å². The molecule has 2 aromatic heterocycles. The van der Waals surface area contributed by atoms with Gasteiger partial charge in [-0.3, -0.25) is 5.10 Å². The summed E-state index contributed by atoms with van der Waals surface area (Å²) in [6.07, 6.45) is -4.52. The van der Waals surface area contributed by atoms with Crippen LogP contribution in [0.25, 0.3) is 11.0 Å². The molecule has 0 aromatic carbocycles. The SMILES string of the molecule is CCn1nc(C(F)(F)F)c2c(N)[nH]nc21. The molecule has 0 aliphatic carbocycles. The fourth-order valence-electron chi connectivity index (χ4n) is 1.40. The molecule has 2 heterocycles. The normalized spacial score (nSPS) is 12.5. The third-order valence-electron chi connectivity index (χ3n) is 2.05. The number of alkyl halides is 3. The van der Waals surface area contributed by atoms with Crippen LogP contribution in [0, 0.1) is 0 Å². The third-order valence-corrected chi connectivity index (χ3v) is 2.05. The Bertz CT molecular complexity index is 494. The molecule has 0 aliphatic rings. The molecule has 0 saturated carbocycles. The van der Waals surface area contributed by atoms with E-state index in [1.807, 2.05) is 0 Å². The molecule has 0 amide bonds. The molecule has 82 valence electrons. The molecule has 0 atom stereocenters. The first-order chi connectivity index (χ1) is 6.95. The van der Waals surface area contributed by atoms with Gasteiger partial charge in [-0.25, -0.2) is 4.68 Å². The predicted octanol–water partition coefficient (Wildman–Crippen LogP) is 1.38. The van der Waals surface area contributed by atoms with Crippen LogP contribution in [0.5, 0.6) is 0 Å². The van der Waals surface area contributed by atoms with Crippen LogP contribution in [0.2, 0.25) is 0 Å². The lowest BCUT2D eigenvalue weighted by atomic mass is 10.3. The van der Waals surface area contributed by atoms with E-state index in [4.69, 9.17) is 5.73 Å². The Labute approximate surface area is 82.0 Å². The van der Waals surface area contributed by atoms with Crippen LogP contribution in [0.4, 0.5) is 19.0 Å². The molecule has 5 nitrogen and oxygen atoms in total. The minimum atomic E-state index is -4.52. The summed E-state index contributed by atoms with van der Waals surface area (Å²) in [5.74, 6) is -0.114. The van der Waals surface area contributed by atoms with Gasteiger partial charge in [0, 0.05) is 6.54 Å². The van der Waals surface area contributed by atoms with Gasteiger partial charge in [-0.1, -0.05) is 0 Å². The average molecular weight is 219 g/mol. The van der Waals surface area contributed by atoms with Crippen LogP contribution >= 0.6 is 0 Å². The molecule has 0 radical (unpaired) electrons. The molecule has 3 N–H and O–H groups in total. The molecule has 2 aromatic rings. The number of nitrogen functional groups attached to an aromatic ring is 1. The van der Waals surface area contributed by atoms with Gasteiger partial charge in [-0.05, 0) is 6.92 Å². The molecule has 15 heavy (non-hydrogen) atoms. The van der Waals surface area contributed by atoms with Crippen molar-refractivity contribution in [2.24, 2.45) is 0 Å². The van der Waals surface area contributed by atoms with E-state index in [9.17, 15) is 13.2 Å². The second kappa shape index (κ2) is 2.88. The van der Waals surface area contributed by atoms with E-state index >= 15 is 0 Å². The number of halogens is 3. The third kappa shape index (κ3) is 1.32. The highest BCUT2D eigenvalue weighted by atomic mass is 19.4. The van der Waals surface area contributed by atoms with Crippen molar-refractivity contribution in [1.82, 2.24) is 20.0 Å². The van der Waals surface area contributed by atoms with Gasteiger partial charge in [0.2, 0.25) is 0 Å². The minimum absolute atomic E-state index is 0.114. The van der Waals surface area contributed by atoms with Gasteiger partial charge in [-0.2, -0.15) is 23.4 Å². The zero-order valence-corrected chi connectivity index (χ0v) is 7.76. The molecular weight excluding hydrogens is 211 g/mol. The first kappa shape index (κ1) is 9.81. The average Bonchev–Trinajstić information content (AvgIpc) is 2.65. The van der Waals surface area contributed by atoms with Gasteiger partial charge >= 0.3 is 6.18 Å². The highest BCUT2D eigenvalue weighted by Crippen LogP contribution is 2.35. The Morgan fingerprint density at radius 2 is 2.13 bits per heavy atom. The molecule has 0 bridgehead atoms. The van der Waals surface area contributed by atoms with Gasteiger partial charge in [0.1, 0.15) is 5.82 Å². The Hall–Kier alpha value is -1.73. The molecular formula is C7H8F3N5. The van der Waals surface area contributed by atoms with Gasteiger partial charge in [-0.15, -0.1) is 0 Å². The maximum absolute atomic E-state index is 12.6. The lowest BCUT2D eigenvalue weighted by Crippen LogP contribution is -2.08. The summed E-state index contributed by atoms with van der Waals surface area (Å²) >= 11 is 0. The molecule has 2 rings (SSSR count). The van der Waals surface area contributed by atoms with Crippen molar-refractivity contribution < 1.29 is 13.2 Å². The van der Waals surface area contributed by atoms with Crippen molar-refractivity contribution in [3.8, 4) is 0 Å². The number of nitrogens with one attached hydrogen (secondary N) is 1. The number of hydrogen-bond acceptors (Lipinski definition) is 3. The van der Waals surface area contributed by atoms with Crippen molar-refractivity contribution in [2.75, 3.05) is 5.73 Å². The highest BCUT2D eigenvalue weighted by molar-refractivity contribution is 5.89. The van der Waals surface area contributed by atoms with Gasteiger partial charge < -0.3 is 5.73 Å². The first-order valence-corrected chi connectivity index (χ1v) is 4.22. The van der Waals surface area contributed by atoms with Crippen LogP contribution in [0.15, 0.2) is 0 Å². The van der Waals surface area contributed by atoms with E-state index in [2.05, 4.69) is 15.3 Å². The Kier molecular flexibility index (Phi) is 1.88. The zero-order valence-electron chi connectivity index (χ0n) is 7.76. The van der Waals surface area contributed by atoms with Crippen molar-refractivity contribution in [2.45, 2.75) is 19.6 Å². The summed E-state index contributed by atoms with van der Waals surface area (Å²) in [4.78, 5) is 0. The molecule has 0 aliphatic heterocycles. The predicted molar refractivity (Wildman–Crippen MR) is 47.0 cm³/mol.